The lowest BCUT2D eigenvalue weighted by Crippen LogP contribution is -2.61. The van der Waals surface area contributed by atoms with Gasteiger partial charge in [-0.3, -0.25) is 4.74 Å². The van der Waals surface area contributed by atoms with Crippen molar-refractivity contribution in [2.24, 2.45) is 0 Å². The Bertz CT molecular complexity index is 426. The molecule has 0 aliphatic heterocycles. The van der Waals surface area contributed by atoms with Crippen LogP contribution in [-0.4, -0.2) is 47.2 Å². The molecular formula is C8H2Cl2F14O. The van der Waals surface area contributed by atoms with Crippen LogP contribution in [0.2, 0.25) is 0 Å². The minimum absolute atomic E-state index is 2.21. The summed E-state index contributed by atoms with van der Waals surface area (Å²) in [6.07, 6.45) is -24.4. The zero-order valence-electron chi connectivity index (χ0n) is 10.6. The van der Waals surface area contributed by atoms with Crippen LogP contribution in [0.1, 0.15) is 0 Å². The maximum absolute atomic E-state index is 13.2. The fourth-order valence-electron chi connectivity index (χ4n) is 1.00. The van der Waals surface area contributed by atoms with Crippen LogP contribution in [0.3, 0.4) is 0 Å². The van der Waals surface area contributed by atoms with Gasteiger partial charge in [-0.05, 0) is 23.2 Å². The van der Waals surface area contributed by atoms with Crippen molar-refractivity contribution in [2.45, 2.75) is 47.2 Å². The van der Waals surface area contributed by atoms with E-state index in [1.807, 2.05) is 0 Å². The molecule has 0 saturated heterocycles. The summed E-state index contributed by atoms with van der Waals surface area (Å²) in [5, 5.41) is -12.4. The van der Waals surface area contributed by atoms with Gasteiger partial charge in [0, 0.05) is 0 Å². The average Bonchev–Trinajstić information content (AvgIpc) is 2.32. The number of hydrogen-bond acceptors (Lipinski definition) is 1. The predicted octanol–water partition coefficient (Wildman–Crippen LogP) is 5.80. The fourth-order valence-corrected chi connectivity index (χ4v) is 1.45. The molecule has 0 aliphatic rings. The first-order valence-corrected chi connectivity index (χ1v) is 5.90. The van der Waals surface area contributed by atoms with Gasteiger partial charge in [0.25, 0.3) is 12.3 Å². The van der Waals surface area contributed by atoms with Crippen molar-refractivity contribution in [3.05, 3.63) is 0 Å². The molecule has 4 unspecified atom stereocenters. The summed E-state index contributed by atoms with van der Waals surface area (Å²) in [5.41, 5.74) is 0. The molecule has 0 heterocycles. The maximum atomic E-state index is 13.2. The Labute approximate surface area is 137 Å². The van der Waals surface area contributed by atoms with E-state index in [4.69, 9.17) is 0 Å². The molecule has 0 aromatic carbocycles. The van der Waals surface area contributed by atoms with Crippen LogP contribution < -0.4 is 0 Å². The SMILES string of the molecule is FC(C(F)(F)F)C(F)(F)C(F)(Cl)OC(F)(Cl)C(F)(F)C(F)C(F)(F)F. The van der Waals surface area contributed by atoms with Gasteiger partial charge in [0.05, 0.1) is 0 Å². The highest BCUT2D eigenvalue weighted by Gasteiger charge is 2.76. The maximum Gasteiger partial charge on any atom is 0.425 e. The van der Waals surface area contributed by atoms with Crippen LogP contribution in [0, 0.1) is 0 Å². The summed E-state index contributed by atoms with van der Waals surface area (Å²) in [7, 11) is 0. The summed E-state index contributed by atoms with van der Waals surface area (Å²) in [4.78, 5) is 0. The quantitative estimate of drug-likeness (QED) is 0.367. The molecule has 1 nitrogen and oxygen atoms in total. The third kappa shape index (κ3) is 4.84. The summed E-state index contributed by atoms with van der Waals surface area (Å²) in [6.45, 7) is 0. The molecule has 0 bridgehead atoms. The van der Waals surface area contributed by atoms with Gasteiger partial charge in [-0.1, -0.05) is 0 Å². The van der Waals surface area contributed by atoms with Gasteiger partial charge in [0.1, 0.15) is 0 Å². The van der Waals surface area contributed by atoms with E-state index in [9.17, 15) is 61.5 Å². The van der Waals surface area contributed by atoms with Crippen molar-refractivity contribution in [1.82, 2.24) is 0 Å². The highest BCUT2D eigenvalue weighted by atomic mass is 35.5. The zero-order chi connectivity index (χ0) is 20.9. The van der Waals surface area contributed by atoms with Gasteiger partial charge in [0.2, 0.25) is 0 Å². The largest absolute Gasteiger partial charge is 0.425 e. The molecule has 0 aromatic heterocycles. The van der Waals surface area contributed by atoms with E-state index in [-0.39, 0.29) is 0 Å². The Kier molecular flexibility index (Phi) is 6.50. The zero-order valence-corrected chi connectivity index (χ0v) is 12.1. The van der Waals surface area contributed by atoms with Gasteiger partial charge in [-0.15, -0.1) is 0 Å². The van der Waals surface area contributed by atoms with E-state index in [0.29, 0.717) is 0 Å². The minimum Gasteiger partial charge on any atom is -0.273 e. The van der Waals surface area contributed by atoms with Crippen LogP contribution in [0.25, 0.3) is 0 Å². The van der Waals surface area contributed by atoms with Crippen LogP contribution in [0.5, 0.6) is 0 Å². The topological polar surface area (TPSA) is 9.23 Å². The molecule has 0 saturated carbocycles. The van der Waals surface area contributed by atoms with Crippen molar-refractivity contribution in [1.29, 1.82) is 0 Å². The molecule has 25 heavy (non-hydrogen) atoms. The molecule has 0 aromatic rings. The van der Waals surface area contributed by atoms with Gasteiger partial charge in [-0.25, -0.2) is 8.78 Å². The molecule has 4 atom stereocenters. The molecule has 152 valence electrons. The first-order valence-electron chi connectivity index (χ1n) is 5.15. The molecule has 0 amide bonds. The lowest BCUT2D eigenvalue weighted by Gasteiger charge is -2.37. The normalized spacial score (nSPS) is 22.1. The second kappa shape index (κ2) is 6.62. The van der Waals surface area contributed by atoms with Crippen LogP contribution >= 0.6 is 23.2 Å². The van der Waals surface area contributed by atoms with E-state index >= 15 is 0 Å². The number of rotatable bonds is 6. The smallest absolute Gasteiger partial charge is 0.273 e. The van der Waals surface area contributed by atoms with E-state index in [2.05, 4.69) is 27.9 Å². The van der Waals surface area contributed by atoms with Crippen molar-refractivity contribution in [3.8, 4) is 0 Å². The third-order valence-electron chi connectivity index (χ3n) is 2.24. The van der Waals surface area contributed by atoms with Crippen molar-refractivity contribution < 1.29 is 66.2 Å². The van der Waals surface area contributed by atoms with Crippen molar-refractivity contribution >= 4 is 23.2 Å². The fraction of sp³-hybridized carbons (Fsp3) is 1.00. The van der Waals surface area contributed by atoms with Gasteiger partial charge >= 0.3 is 34.8 Å². The summed E-state index contributed by atoms with van der Waals surface area (Å²) < 4.78 is 176. The van der Waals surface area contributed by atoms with E-state index in [1.54, 1.807) is 0 Å². The van der Waals surface area contributed by atoms with Crippen LogP contribution in [0.15, 0.2) is 0 Å². The van der Waals surface area contributed by atoms with E-state index in [0.717, 1.165) is 0 Å². The highest BCUT2D eigenvalue weighted by molar-refractivity contribution is 6.25. The van der Waals surface area contributed by atoms with Crippen LogP contribution in [-0.2, 0) is 4.74 Å². The third-order valence-corrected chi connectivity index (χ3v) is 2.90. The molecule has 17 heteroatoms. The number of alkyl halides is 16. The molecule has 0 rings (SSSR count). The Hall–Kier alpha value is -0.440. The molecule has 0 spiro atoms. The average molecular weight is 451 g/mol. The second-order valence-electron chi connectivity index (χ2n) is 4.19. The van der Waals surface area contributed by atoms with E-state index in [1.165, 1.54) is 0 Å². The number of ether oxygens (including phenoxy) is 1. The molecule has 0 aliphatic carbocycles. The first-order chi connectivity index (χ1) is 10.5. The standard InChI is InChI=1S/C8H2Cl2F14O/c9-7(23,3(13,14)1(11)5(17,18)19)25-8(10,24)4(15,16)2(12)6(20,21)22/h1-2H. The Morgan fingerprint density at radius 1 is 0.520 bits per heavy atom. The Balaban J connectivity index is 5.79. The molecule has 0 radical (unpaired) electrons. The second-order valence-corrected chi connectivity index (χ2v) is 5.16. The molecule has 0 fully saturated rings. The van der Waals surface area contributed by atoms with Crippen molar-refractivity contribution in [2.75, 3.05) is 0 Å². The van der Waals surface area contributed by atoms with Gasteiger partial charge in [0.15, 0.2) is 0 Å². The van der Waals surface area contributed by atoms with E-state index < -0.39 is 47.2 Å². The predicted molar refractivity (Wildman–Crippen MR) is 52.3 cm³/mol. The first kappa shape index (κ1) is 24.6. The van der Waals surface area contributed by atoms with Crippen molar-refractivity contribution in [3.63, 3.8) is 0 Å². The minimum atomic E-state index is -6.70. The van der Waals surface area contributed by atoms with Gasteiger partial charge in [-0.2, -0.15) is 52.7 Å². The highest BCUT2D eigenvalue weighted by Crippen LogP contribution is 2.53. The molecule has 0 N–H and O–H groups in total. The molecular weight excluding hydrogens is 449 g/mol. The van der Waals surface area contributed by atoms with Gasteiger partial charge < -0.3 is 0 Å². The lowest BCUT2D eigenvalue weighted by atomic mass is 10.1. The monoisotopic (exact) mass is 450 g/mol. The Morgan fingerprint density at radius 3 is 0.880 bits per heavy atom. The summed E-state index contributed by atoms with van der Waals surface area (Å²) >= 11 is 7.80. The Morgan fingerprint density at radius 2 is 0.720 bits per heavy atom. The number of halogens is 16. The lowest BCUT2D eigenvalue weighted by molar-refractivity contribution is -0.376. The number of hydrogen-bond donors (Lipinski definition) is 0. The summed E-state index contributed by atoms with van der Waals surface area (Å²) in [6, 6.07) is 0. The van der Waals surface area contributed by atoms with Crippen LogP contribution in [0.4, 0.5) is 61.5 Å². The summed E-state index contributed by atoms with van der Waals surface area (Å²) in [5.74, 6) is -13.4.